The summed E-state index contributed by atoms with van der Waals surface area (Å²) in [5.41, 5.74) is -1.89. The number of phenolic OH excluding ortho intramolecular Hbond substituents is 1. The maximum absolute atomic E-state index is 15.1. The molecule has 56 heavy (non-hydrogen) atoms. The minimum absolute atomic E-state index is 0.102. The van der Waals surface area contributed by atoms with Crippen molar-refractivity contribution >= 4 is 46.6 Å². The van der Waals surface area contributed by atoms with Crippen molar-refractivity contribution in [2.24, 2.45) is 23.7 Å². The molecule has 2 aliphatic carbocycles. The quantitative estimate of drug-likeness (QED) is 0.119. The van der Waals surface area contributed by atoms with Crippen LogP contribution in [0.25, 0.3) is 0 Å². The summed E-state index contributed by atoms with van der Waals surface area (Å²) in [6, 6.07) is 17.4. The molecule has 6 atom stereocenters. The Morgan fingerprint density at radius 1 is 0.750 bits per heavy atom. The van der Waals surface area contributed by atoms with E-state index in [0.29, 0.717) is 38.8 Å². The monoisotopic (exact) mass is 797 g/mol. The molecule has 16 heteroatoms. The Bertz CT molecular complexity index is 2300. The van der Waals surface area contributed by atoms with Crippen molar-refractivity contribution in [3.05, 3.63) is 136 Å². The first-order chi connectivity index (χ1) is 26.4. The topological polar surface area (TPSA) is 107 Å². The number of nitrogens with one attached hydrogen (secondary N) is 1. The van der Waals surface area contributed by atoms with Crippen LogP contribution >= 0.6 is 11.6 Å². The van der Waals surface area contributed by atoms with E-state index in [0.717, 1.165) is 17.1 Å². The molecule has 8 rings (SSSR count). The molecule has 0 aromatic heterocycles. The van der Waals surface area contributed by atoms with Crippen molar-refractivity contribution in [1.29, 1.82) is 0 Å². The van der Waals surface area contributed by atoms with Gasteiger partial charge in [-0.15, -0.1) is 0 Å². The van der Waals surface area contributed by atoms with Gasteiger partial charge >= 0.3 is 12.4 Å². The SMILES string of the molecule is O=C1[C@@H]2C[C@@H]3C(=CC[C@@H]4C(=O)N(c5cc(C(F)(F)F)cc(C(F)(F)F)c5)C(=O)[C@@H]43)[C@H](c3ccc(O)cc3)[C@]2(c2ccc(Cl)cc2)C(=O)N1Nc1ccc(F)cc1. The third kappa shape index (κ3) is 5.73. The van der Waals surface area contributed by atoms with E-state index in [2.05, 4.69) is 5.43 Å². The summed E-state index contributed by atoms with van der Waals surface area (Å²) >= 11 is 6.27. The van der Waals surface area contributed by atoms with Crippen LogP contribution in [0.4, 0.5) is 42.1 Å². The zero-order chi connectivity index (χ0) is 40.1. The van der Waals surface area contributed by atoms with Crippen LogP contribution in [0.5, 0.6) is 5.75 Å². The lowest BCUT2D eigenvalue weighted by atomic mass is 9.49. The summed E-state index contributed by atoms with van der Waals surface area (Å²) in [6.45, 7) is 0. The number of benzene rings is 4. The second-order valence-electron chi connectivity index (χ2n) is 14.2. The Morgan fingerprint density at radius 3 is 1.95 bits per heavy atom. The van der Waals surface area contributed by atoms with E-state index >= 15 is 4.79 Å². The van der Waals surface area contributed by atoms with Gasteiger partial charge in [0.05, 0.1) is 45.7 Å². The molecular weight excluding hydrogens is 771 g/mol. The van der Waals surface area contributed by atoms with Crippen LogP contribution in [-0.4, -0.2) is 33.7 Å². The van der Waals surface area contributed by atoms with Crippen LogP contribution in [0.2, 0.25) is 5.02 Å². The normalized spacial score (nSPS) is 26.2. The summed E-state index contributed by atoms with van der Waals surface area (Å²) in [4.78, 5) is 58.6. The van der Waals surface area contributed by atoms with Crippen molar-refractivity contribution in [3.63, 3.8) is 0 Å². The summed E-state index contributed by atoms with van der Waals surface area (Å²) in [6.07, 6.45) is -9.26. The number of anilines is 2. The van der Waals surface area contributed by atoms with Gasteiger partial charge in [0, 0.05) is 10.9 Å². The van der Waals surface area contributed by atoms with Crippen LogP contribution in [0.1, 0.15) is 41.0 Å². The number of phenols is 1. The molecule has 3 fully saturated rings. The Balaban J connectivity index is 1.29. The third-order valence-corrected chi connectivity index (χ3v) is 11.6. The highest BCUT2D eigenvalue weighted by molar-refractivity contribution is 6.30. The van der Waals surface area contributed by atoms with Gasteiger partial charge in [-0.25, -0.2) is 9.29 Å². The lowest BCUT2D eigenvalue weighted by molar-refractivity contribution is -0.143. The number of carbonyl (C=O) groups is 4. The molecule has 2 aliphatic heterocycles. The van der Waals surface area contributed by atoms with Crippen LogP contribution in [-0.2, 0) is 36.9 Å². The lowest BCUT2D eigenvalue weighted by Crippen LogP contribution is -2.53. The molecule has 0 unspecified atom stereocenters. The number of imide groups is 2. The predicted molar refractivity (Wildman–Crippen MR) is 186 cm³/mol. The second-order valence-corrected chi connectivity index (χ2v) is 14.7. The van der Waals surface area contributed by atoms with Gasteiger partial charge in [-0.05, 0) is 96.6 Å². The first-order valence-electron chi connectivity index (χ1n) is 17.2. The number of rotatable bonds is 5. The van der Waals surface area contributed by atoms with E-state index in [1.807, 2.05) is 0 Å². The Kier molecular flexibility index (Phi) is 8.60. The molecule has 8 nitrogen and oxygen atoms in total. The van der Waals surface area contributed by atoms with E-state index < -0.39 is 93.6 Å². The van der Waals surface area contributed by atoms with Crippen LogP contribution < -0.4 is 10.3 Å². The zero-order valence-corrected chi connectivity index (χ0v) is 29.3. The number of amides is 4. The number of hydrogen-bond acceptors (Lipinski definition) is 6. The van der Waals surface area contributed by atoms with Gasteiger partial charge < -0.3 is 5.11 Å². The van der Waals surface area contributed by atoms with E-state index in [1.165, 1.54) is 48.5 Å². The number of allylic oxidation sites excluding steroid dienone is 2. The molecule has 2 heterocycles. The summed E-state index contributed by atoms with van der Waals surface area (Å²) < 4.78 is 97.0. The number of fused-ring (bicyclic) bond motifs is 4. The zero-order valence-electron chi connectivity index (χ0n) is 28.5. The van der Waals surface area contributed by atoms with Crippen molar-refractivity contribution < 1.29 is 55.0 Å². The number of alkyl halides is 6. The average molecular weight is 798 g/mol. The molecule has 0 bridgehead atoms. The second kappa shape index (κ2) is 12.9. The molecule has 1 saturated carbocycles. The van der Waals surface area contributed by atoms with E-state index in [1.54, 1.807) is 18.2 Å². The van der Waals surface area contributed by atoms with Gasteiger partial charge in [0.15, 0.2) is 0 Å². The Hall–Kier alpha value is -5.70. The number of hydrazine groups is 1. The smallest absolute Gasteiger partial charge is 0.416 e. The number of carbonyl (C=O) groups excluding carboxylic acids is 4. The molecule has 0 spiro atoms. The minimum atomic E-state index is -5.25. The summed E-state index contributed by atoms with van der Waals surface area (Å²) in [5, 5.41) is 11.4. The van der Waals surface area contributed by atoms with E-state index in [-0.39, 0.29) is 30.3 Å². The van der Waals surface area contributed by atoms with Crippen LogP contribution in [0.15, 0.2) is 103 Å². The highest BCUT2D eigenvalue weighted by Gasteiger charge is 2.70. The van der Waals surface area contributed by atoms with Crippen molar-refractivity contribution in [3.8, 4) is 5.75 Å². The standard InChI is InChI=1S/C40H27ClF7N3O5/c41-23-5-3-20(4-6-23)38-31(35(54)51(37(38)56)49-25-9-7-24(42)8-10-25)18-30-28(33(38)19-1-11-27(52)12-2-19)13-14-29-32(30)36(55)50(34(29)53)26-16-21(39(43,44)45)15-22(17-26)40(46,47)48/h1-13,15-17,29-33,49,52H,14,18H2/t29-,30+,31-,32-,33-,38+/m0/s1. The largest absolute Gasteiger partial charge is 0.508 e. The predicted octanol–water partition coefficient (Wildman–Crippen LogP) is 8.41. The van der Waals surface area contributed by atoms with Gasteiger partial charge in [-0.3, -0.25) is 24.6 Å². The van der Waals surface area contributed by atoms with Crippen molar-refractivity contribution in [2.45, 2.75) is 36.5 Å². The Labute approximate surface area is 318 Å². The fraction of sp³-hybridized carbons (Fsp3) is 0.250. The molecular formula is C40H27ClF7N3O5. The minimum Gasteiger partial charge on any atom is -0.508 e. The maximum atomic E-state index is 15.1. The number of hydrogen-bond donors (Lipinski definition) is 2. The number of halogens is 8. The van der Waals surface area contributed by atoms with E-state index in [9.17, 15) is 50.2 Å². The van der Waals surface area contributed by atoms with Gasteiger partial charge in [0.1, 0.15) is 11.6 Å². The van der Waals surface area contributed by atoms with E-state index in [4.69, 9.17) is 11.6 Å². The van der Waals surface area contributed by atoms with Crippen LogP contribution in [0.3, 0.4) is 0 Å². The van der Waals surface area contributed by atoms with Crippen molar-refractivity contribution in [1.82, 2.24) is 5.01 Å². The van der Waals surface area contributed by atoms with Gasteiger partial charge in [-0.2, -0.15) is 31.4 Å². The highest BCUT2D eigenvalue weighted by Crippen LogP contribution is 2.64. The van der Waals surface area contributed by atoms with Gasteiger partial charge in [0.25, 0.3) is 11.8 Å². The fourth-order valence-electron chi connectivity index (χ4n) is 9.02. The van der Waals surface area contributed by atoms with Gasteiger partial charge in [0.2, 0.25) is 11.8 Å². The molecule has 2 saturated heterocycles. The first-order valence-corrected chi connectivity index (χ1v) is 17.6. The lowest BCUT2D eigenvalue weighted by Gasteiger charge is -2.50. The molecule has 4 aliphatic rings. The first kappa shape index (κ1) is 37.2. The molecule has 4 aromatic rings. The average Bonchev–Trinajstić information content (AvgIpc) is 3.53. The van der Waals surface area contributed by atoms with Gasteiger partial charge in [-0.1, -0.05) is 47.5 Å². The maximum Gasteiger partial charge on any atom is 0.416 e. The molecule has 288 valence electrons. The number of nitrogens with zero attached hydrogens (tertiary/aromatic N) is 2. The Morgan fingerprint density at radius 2 is 1.36 bits per heavy atom. The molecule has 4 amide bonds. The molecule has 0 radical (unpaired) electrons. The third-order valence-electron chi connectivity index (χ3n) is 11.3. The number of aromatic hydroxyl groups is 1. The molecule has 4 aromatic carbocycles. The molecule has 2 N–H and O–H groups in total. The summed E-state index contributed by atoms with van der Waals surface area (Å²) in [5.74, 6) is -10.1. The highest BCUT2D eigenvalue weighted by atomic mass is 35.5. The van der Waals surface area contributed by atoms with Crippen LogP contribution in [0, 0.1) is 29.5 Å². The van der Waals surface area contributed by atoms with Crippen molar-refractivity contribution in [2.75, 3.05) is 10.3 Å². The fourth-order valence-corrected chi connectivity index (χ4v) is 9.15. The summed E-state index contributed by atoms with van der Waals surface area (Å²) in [7, 11) is 0.